The Bertz CT molecular complexity index is 238. The second-order valence-corrected chi connectivity index (χ2v) is 5.05. The van der Waals surface area contributed by atoms with Crippen LogP contribution in [0.4, 0.5) is 0 Å². The molecule has 2 fully saturated rings. The van der Waals surface area contributed by atoms with Crippen LogP contribution in [0.1, 0.15) is 32.6 Å². The van der Waals surface area contributed by atoms with E-state index in [1.54, 1.807) is 6.92 Å². The van der Waals surface area contributed by atoms with Crippen LogP contribution in [0.5, 0.6) is 0 Å². The van der Waals surface area contributed by atoms with Crippen molar-refractivity contribution >= 4 is 5.91 Å². The van der Waals surface area contributed by atoms with Gasteiger partial charge in [-0.1, -0.05) is 0 Å². The van der Waals surface area contributed by atoms with Crippen LogP contribution in [0.25, 0.3) is 0 Å². The van der Waals surface area contributed by atoms with E-state index in [4.69, 9.17) is 0 Å². The standard InChI is InChI=1S/C12H21NO2/c1-9(15)13-6-2-3-11(7-13)12(8-14)10-4-5-10/h10-12,14H,2-8H2,1H3. The molecule has 86 valence electrons. The van der Waals surface area contributed by atoms with Crippen molar-refractivity contribution in [1.82, 2.24) is 4.90 Å². The third-order valence-electron chi connectivity index (χ3n) is 3.95. The van der Waals surface area contributed by atoms with Crippen molar-refractivity contribution in [2.75, 3.05) is 19.7 Å². The van der Waals surface area contributed by atoms with Gasteiger partial charge >= 0.3 is 0 Å². The number of amides is 1. The van der Waals surface area contributed by atoms with Gasteiger partial charge in [0.15, 0.2) is 0 Å². The molecule has 1 saturated heterocycles. The summed E-state index contributed by atoms with van der Waals surface area (Å²) < 4.78 is 0. The number of likely N-dealkylation sites (tertiary alicyclic amines) is 1. The normalized spacial score (nSPS) is 28.9. The number of aliphatic hydroxyl groups is 1. The Hall–Kier alpha value is -0.570. The Morgan fingerprint density at radius 2 is 2.13 bits per heavy atom. The Morgan fingerprint density at radius 1 is 1.40 bits per heavy atom. The van der Waals surface area contributed by atoms with Crippen LogP contribution in [0, 0.1) is 17.8 Å². The summed E-state index contributed by atoms with van der Waals surface area (Å²) in [7, 11) is 0. The van der Waals surface area contributed by atoms with Gasteiger partial charge in [0.25, 0.3) is 0 Å². The van der Waals surface area contributed by atoms with E-state index in [9.17, 15) is 9.90 Å². The van der Waals surface area contributed by atoms with Crippen LogP contribution in [-0.2, 0) is 4.79 Å². The van der Waals surface area contributed by atoms with Crippen molar-refractivity contribution < 1.29 is 9.90 Å². The second-order valence-electron chi connectivity index (χ2n) is 5.05. The summed E-state index contributed by atoms with van der Waals surface area (Å²) in [5, 5.41) is 9.41. The maximum atomic E-state index is 11.3. The molecule has 1 aliphatic heterocycles. The highest BCUT2D eigenvalue weighted by atomic mass is 16.3. The topological polar surface area (TPSA) is 40.5 Å². The van der Waals surface area contributed by atoms with Gasteiger partial charge in [-0.3, -0.25) is 4.79 Å². The largest absolute Gasteiger partial charge is 0.396 e. The molecule has 1 amide bonds. The third kappa shape index (κ3) is 2.51. The van der Waals surface area contributed by atoms with Crippen molar-refractivity contribution in [2.45, 2.75) is 32.6 Å². The number of nitrogens with zero attached hydrogens (tertiary/aromatic N) is 1. The average Bonchev–Trinajstić information content (AvgIpc) is 3.04. The first-order valence-electron chi connectivity index (χ1n) is 6.08. The van der Waals surface area contributed by atoms with E-state index < -0.39 is 0 Å². The van der Waals surface area contributed by atoms with Gasteiger partial charge in [0.1, 0.15) is 0 Å². The van der Waals surface area contributed by atoms with E-state index >= 15 is 0 Å². The van der Waals surface area contributed by atoms with Gasteiger partial charge in [0.05, 0.1) is 0 Å². The van der Waals surface area contributed by atoms with E-state index in [1.165, 1.54) is 19.3 Å². The molecule has 15 heavy (non-hydrogen) atoms. The van der Waals surface area contributed by atoms with E-state index in [-0.39, 0.29) is 5.91 Å². The smallest absolute Gasteiger partial charge is 0.219 e. The number of hydrogen-bond donors (Lipinski definition) is 1. The van der Waals surface area contributed by atoms with Gasteiger partial charge in [-0.05, 0) is 43.4 Å². The average molecular weight is 211 g/mol. The number of carbonyl (C=O) groups is 1. The van der Waals surface area contributed by atoms with Crippen LogP contribution in [0.2, 0.25) is 0 Å². The number of piperidine rings is 1. The number of carbonyl (C=O) groups excluding carboxylic acids is 1. The maximum absolute atomic E-state index is 11.3. The molecule has 1 saturated carbocycles. The lowest BCUT2D eigenvalue weighted by Gasteiger charge is -2.36. The number of rotatable bonds is 3. The Morgan fingerprint density at radius 3 is 2.67 bits per heavy atom. The fourth-order valence-electron chi connectivity index (χ4n) is 2.85. The van der Waals surface area contributed by atoms with Gasteiger partial charge in [-0.25, -0.2) is 0 Å². The highest BCUT2D eigenvalue weighted by molar-refractivity contribution is 5.73. The number of hydrogen-bond acceptors (Lipinski definition) is 2. The zero-order valence-electron chi connectivity index (χ0n) is 9.48. The quantitative estimate of drug-likeness (QED) is 0.763. The zero-order chi connectivity index (χ0) is 10.8. The lowest BCUT2D eigenvalue weighted by Crippen LogP contribution is -2.42. The molecule has 3 nitrogen and oxygen atoms in total. The monoisotopic (exact) mass is 211 g/mol. The summed E-state index contributed by atoms with van der Waals surface area (Å²) in [5.74, 6) is 1.92. The van der Waals surface area contributed by atoms with E-state index in [0.717, 1.165) is 25.4 Å². The first-order valence-corrected chi connectivity index (χ1v) is 6.08. The first kappa shape index (κ1) is 10.9. The van der Waals surface area contributed by atoms with Crippen molar-refractivity contribution in [3.05, 3.63) is 0 Å². The minimum absolute atomic E-state index is 0.187. The molecule has 0 aromatic rings. The maximum Gasteiger partial charge on any atom is 0.219 e. The molecule has 0 aromatic heterocycles. The highest BCUT2D eigenvalue weighted by Crippen LogP contribution is 2.42. The molecule has 2 unspecified atom stereocenters. The predicted molar refractivity (Wildman–Crippen MR) is 58.3 cm³/mol. The van der Waals surface area contributed by atoms with Crippen molar-refractivity contribution in [3.8, 4) is 0 Å². The van der Waals surface area contributed by atoms with Crippen LogP contribution in [0.15, 0.2) is 0 Å². The third-order valence-corrected chi connectivity index (χ3v) is 3.95. The SMILES string of the molecule is CC(=O)N1CCCC(C(CO)C2CC2)C1. The molecule has 0 radical (unpaired) electrons. The van der Waals surface area contributed by atoms with E-state index in [1.807, 2.05) is 4.90 Å². The lowest BCUT2D eigenvalue weighted by molar-refractivity contribution is -0.131. The molecule has 0 aromatic carbocycles. The molecule has 3 heteroatoms. The van der Waals surface area contributed by atoms with Crippen molar-refractivity contribution in [2.24, 2.45) is 17.8 Å². The molecule has 1 aliphatic carbocycles. The highest BCUT2D eigenvalue weighted by Gasteiger charge is 2.37. The van der Waals surface area contributed by atoms with Crippen molar-refractivity contribution in [3.63, 3.8) is 0 Å². The molecule has 2 rings (SSSR count). The predicted octanol–water partition coefficient (Wildman–Crippen LogP) is 1.26. The van der Waals surface area contributed by atoms with Crippen LogP contribution in [-0.4, -0.2) is 35.6 Å². The van der Waals surface area contributed by atoms with E-state index in [2.05, 4.69) is 0 Å². The molecule has 1 heterocycles. The second kappa shape index (κ2) is 4.52. The lowest BCUT2D eigenvalue weighted by atomic mass is 9.83. The Labute approximate surface area is 91.5 Å². The van der Waals surface area contributed by atoms with Gasteiger partial charge in [0, 0.05) is 26.6 Å². The van der Waals surface area contributed by atoms with Crippen molar-refractivity contribution in [1.29, 1.82) is 0 Å². The summed E-state index contributed by atoms with van der Waals surface area (Å²) in [6.45, 7) is 3.74. The summed E-state index contributed by atoms with van der Waals surface area (Å²) in [5.41, 5.74) is 0. The fourth-order valence-corrected chi connectivity index (χ4v) is 2.85. The fraction of sp³-hybridized carbons (Fsp3) is 0.917. The molecular formula is C12H21NO2. The molecular weight excluding hydrogens is 190 g/mol. The summed E-state index contributed by atoms with van der Waals surface area (Å²) in [4.78, 5) is 13.2. The Kier molecular flexibility index (Phi) is 3.29. The van der Waals surface area contributed by atoms with Crippen LogP contribution >= 0.6 is 0 Å². The summed E-state index contributed by atoms with van der Waals surface area (Å²) in [6, 6.07) is 0. The molecule has 0 spiro atoms. The van der Waals surface area contributed by atoms with Gasteiger partial charge < -0.3 is 10.0 Å². The molecule has 0 bridgehead atoms. The van der Waals surface area contributed by atoms with E-state index in [0.29, 0.717) is 18.4 Å². The minimum atomic E-state index is 0.187. The molecule has 2 aliphatic rings. The van der Waals surface area contributed by atoms with Crippen LogP contribution in [0.3, 0.4) is 0 Å². The first-order chi connectivity index (χ1) is 7.22. The van der Waals surface area contributed by atoms with Crippen LogP contribution < -0.4 is 0 Å². The van der Waals surface area contributed by atoms with Gasteiger partial charge in [-0.15, -0.1) is 0 Å². The van der Waals surface area contributed by atoms with Gasteiger partial charge in [0.2, 0.25) is 5.91 Å². The summed E-state index contributed by atoms with van der Waals surface area (Å²) >= 11 is 0. The van der Waals surface area contributed by atoms with Gasteiger partial charge in [-0.2, -0.15) is 0 Å². The minimum Gasteiger partial charge on any atom is -0.396 e. The Balaban J connectivity index is 1.93. The summed E-state index contributed by atoms with van der Waals surface area (Å²) in [6.07, 6.45) is 4.85. The molecule has 1 N–H and O–H groups in total. The number of aliphatic hydroxyl groups excluding tert-OH is 1. The zero-order valence-corrected chi connectivity index (χ0v) is 9.48. The molecule has 2 atom stereocenters.